The van der Waals surface area contributed by atoms with Gasteiger partial charge in [0.05, 0.1) is 0 Å². The molecule has 0 aliphatic heterocycles. The molecule has 0 atom stereocenters. The number of halogens is 3. The monoisotopic (exact) mass is 247 g/mol. The third-order valence-corrected chi connectivity index (χ3v) is 1.90. The number of alkyl halides is 3. The number of rotatable bonds is 3. The summed E-state index contributed by atoms with van der Waals surface area (Å²) in [6.07, 6.45) is -4.48. The van der Waals surface area contributed by atoms with Crippen molar-refractivity contribution in [1.29, 1.82) is 0 Å². The Bertz CT molecular complexity index is 409. The molecule has 0 saturated heterocycles. The minimum Gasteiger partial charge on any atom is -0.423 e. The van der Waals surface area contributed by atoms with E-state index in [1.165, 1.54) is 18.2 Å². The first-order chi connectivity index (χ1) is 7.79. The van der Waals surface area contributed by atoms with Crippen molar-refractivity contribution in [1.82, 2.24) is 5.32 Å². The lowest BCUT2D eigenvalue weighted by Crippen LogP contribution is -2.35. The van der Waals surface area contributed by atoms with E-state index in [0.29, 0.717) is 0 Å². The van der Waals surface area contributed by atoms with E-state index >= 15 is 0 Å². The van der Waals surface area contributed by atoms with Crippen LogP contribution in [0.4, 0.5) is 13.2 Å². The van der Waals surface area contributed by atoms with Crippen LogP contribution in [-0.4, -0.2) is 35.8 Å². The van der Waals surface area contributed by atoms with Gasteiger partial charge >= 0.3 is 13.3 Å². The summed E-state index contributed by atoms with van der Waals surface area (Å²) in [5, 5.41) is 19.3. The molecule has 0 bridgehead atoms. The second-order valence-electron chi connectivity index (χ2n) is 3.30. The molecule has 0 saturated carbocycles. The molecule has 1 amide bonds. The van der Waals surface area contributed by atoms with Gasteiger partial charge in [-0.2, -0.15) is 13.2 Å². The Labute approximate surface area is 95.2 Å². The zero-order valence-corrected chi connectivity index (χ0v) is 8.53. The third kappa shape index (κ3) is 4.45. The van der Waals surface area contributed by atoms with Crippen LogP contribution in [0, 0.1) is 0 Å². The van der Waals surface area contributed by atoms with E-state index in [1.807, 2.05) is 0 Å². The molecule has 0 aliphatic carbocycles. The molecule has 0 spiro atoms. The lowest BCUT2D eigenvalue weighted by atomic mass is 9.79. The van der Waals surface area contributed by atoms with Gasteiger partial charge in [-0.05, 0) is 17.6 Å². The van der Waals surface area contributed by atoms with Gasteiger partial charge in [-0.1, -0.05) is 12.1 Å². The molecule has 1 aromatic carbocycles. The van der Waals surface area contributed by atoms with Crippen molar-refractivity contribution in [3.63, 3.8) is 0 Å². The smallest absolute Gasteiger partial charge is 0.423 e. The highest BCUT2D eigenvalue weighted by molar-refractivity contribution is 6.58. The van der Waals surface area contributed by atoms with Crippen LogP contribution < -0.4 is 10.8 Å². The molecule has 0 heterocycles. The van der Waals surface area contributed by atoms with Crippen LogP contribution in [0.25, 0.3) is 0 Å². The second kappa shape index (κ2) is 5.20. The van der Waals surface area contributed by atoms with Gasteiger partial charge in [-0.3, -0.25) is 4.79 Å². The van der Waals surface area contributed by atoms with Crippen LogP contribution in [-0.2, 0) is 0 Å². The molecule has 4 nitrogen and oxygen atoms in total. The van der Waals surface area contributed by atoms with Crippen LogP contribution in [0.1, 0.15) is 10.4 Å². The summed E-state index contributed by atoms with van der Waals surface area (Å²) in [5.74, 6) is -0.926. The highest BCUT2D eigenvalue weighted by Gasteiger charge is 2.28. The van der Waals surface area contributed by atoms with Crippen molar-refractivity contribution in [3.8, 4) is 0 Å². The molecule has 1 aromatic rings. The van der Waals surface area contributed by atoms with Gasteiger partial charge < -0.3 is 15.4 Å². The highest BCUT2D eigenvalue weighted by atomic mass is 19.4. The van der Waals surface area contributed by atoms with Crippen molar-refractivity contribution in [2.24, 2.45) is 0 Å². The summed E-state index contributed by atoms with van der Waals surface area (Å²) in [4.78, 5) is 11.3. The molecule has 1 rings (SSSR count). The normalized spacial score (nSPS) is 11.1. The predicted molar refractivity (Wildman–Crippen MR) is 54.7 cm³/mol. The Kier molecular flexibility index (Phi) is 4.14. The number of amides is 1. The molecule has 3 N–H and O–H groups in total. The summed E-state index contributed by atoms with van der Waals surface area (Å²) in [6, 6.07) is 5.07. The summed E-state index contributed by atoms with van der Waals surface area (Å²) >= 11 is 0. The molecule has 92 valence electrons. The SMILES string of the molecule is O=C(NCC(F)(F)F)c1cccc(B(O)O)c1. The fourth-order valence-corrected chi connectivity index (χ4v) is 1.12. The van der Waals surface area contributed by atoms with Crippen molar-refractivity contribution in [3.05, 3.63) is 29.8 Å². The minimum absolute atomic E-state index is 0.0321. The maximum Gasteiger partial charge on any atom is 0.488 e. The number of nitrogens with one attached hydrogen (secondary N) is 1. The predicted octanol–water partition coefficient (Wildman–Crippen LogP) is -0.342. The first-order valence-corrected chi connectivity index (χ1v) is 4.60. The zero-order valence-electron chi connectivity index (χ0n) is 8.53. The summed E-state index contributed by atoms with van der Waals surface area (Å²) in [7, 11) is -1.77. The van der Waals surface area contributed by atoms with Crippen LogP contribution in [0.3, 0.4) is 0 Å². The first kappa shape index (κ1) is 13.5. The van der Waals surface area contributed by atoms with Crippen molar-refractivity contribution in [2.75, 3.05) is 6.54 Å². The Morgan fingerprint density at radius 2 is 2.00 bits per heavy atom. The van der Waals surface area contributed by atoms with E-state index in [1.54, 1.807) is 5.32 Å². The number of carbonyl (C=O) groups is 1. The van der Waals surface area contributed by atoms with Gasteiger partial charge in [0.15, 0.2) is 0 Å². The molecule has 0 aromatic heterocycles. The first-order valence-electron chi connectivity index (χ1n) is 4.60. The summed E-state index contributed by atoms with van der Waals surface area (Å²) in [6.45, 7) is -1.43. The second-order valence-corrected chi connectivity index (χ2v) is 3.30. The van der Waals surface area contributed by atoms with Crippen LogP contribution in [0.15, 0.2) is 24.3 Å². The Morgan fingerprint density at radius 3 is 2.53 bits per heavy atom. The average molecular weight is 247 g/mol. The number of hydrogen-bond donors (Lipinski definition) is 3. The van der Waals surface area contributed by atoms with Crippen LogP contribution >= 0.6 is 0 Å². The molecular formula is C9H9BF3NO3. The van der Waals surface area contributed by atoms with E-state index in [0.717, 1.165) is 6.07 Å². The van der Waals surface area contributed by atoms with Crippen molar-refractivity contribution in [2.45, 2.75) is 6.18 Å². The average Bonchev–Trinajstić information content (AvgIpc) is 2.25. The van der Waals surface area contributed by atoms with E-state index in [2.05, 4.69) is 0 Å². The van der Waals surface area contributed by atoms with E-state index in [9.17, 15) is 18.0 Å². The molecule has 0 radical (unpaired) electrons. The summed E-state index contributed by atoms with van der Waals surface area (Å²) < 4.78 is 35.5. The van der Waals surface area contributed by atoms with Gasteiger partial charge in [0.2, 0.25) is 0 Å². The fraction of sp³-hybridized carbons (Fsp3) is 0.222. The third-order valence-electron chi connectivity index (χ3n) is 1.90. The molecule has 8 heteroatoms. The van der Waals surface area contributed by atoms with Gasteiger partial charge in [-0.25, -0.2) is 0 Å². The maximum absolute atomic E-state index is 11.8. The minimum atomic E-state index is -4.48. The highest BCUT2D eigenvalue weighted by Crippen LogP contribution is 2.12. The van der Waals surface area contributed by atoms with Crippen molar-refractivity contribution >= 4 is 18.5 Å². The van der Waals surface area contributed by atoms with Crippen LogP contribution in [0.2, 0.25) is 0 Å². The largest absolute Gasteiger partial charge is 0.488 e. The standard InChI is InChI=1S/C9H9BF3NO3/c11-9(12,13)5-14-8(15)6-2-1-3-7(4-6)10(16)17/h1-4,16-17H,5H2,(H,14,15). The Hall–Kier alpha value is -1.54. The molecular weight excluding hydrogens is 238 g/mol. The topological polar surface area (TPSA) is 69.6 Å². The van der Waals surface area contributed by atoms with E-state index < -0.39 is 25.7 Å². The van der Waals surface area contributed by atoms with Gasteiger partial charge in [0, 0.05) is 5.56 Å². The lowest BCUT2D eigenvalue weighted by molar-refractivity contribution is -0.123. The molecule has 0 unspecified atom stereocenters. The molecule has 0 aliphatic rings. The van der Waals surface area contributed by atoms with Crippen LogP contribution in [0.5, 0.6) is 0 Å². The maximum atomic E-state index is 11.8. The van der Waals surface area contributed by atoms with Crippen molar-refractivity contribution < 1.29 is 28.0 Å². The Balaban J connectivity index is 2.72. The summed E-state index contributed by atoms with van der Waals surface area (Å²) in [5.41, 5.74) is -0.0375. The van der Waals surface area contributed by atoms with E-state index in [4.69, 9.17) is 10.0 Å². The number of carbonyl (C=O) groups excluding carboxylic acids is 1. The number of benzene rings is 1. The van der Waals surface area contributed by atoms with Gasteiger partial charge in [0.1, 0.15) is 6.54 Å². The van der Waals surface area contributed by atoms with Gasteiger partial charge in [0.25, 0.3) is 5.91 Å². The van der Waals surface area contributed by atoms with Gasteiger partial charge in [-0.15, -0.1) is 0 Å². The Morgan fingerprint density at radius 1 is 1.35 bits per heavy atom. The molecule has 0 fully saturated rings. The molecule has 17 heavy (non-hydrogen) atoms. The quantitative estimate of drug-likeness (QED) is 0.640. The van der Waals surface area contributed by atoms with E-state index in [-0.39, 0.29) is 11.0 Å². The zero-order chi connectivity index (χ0) is 13.1. The number of hydrogen-bond acceptors (Lipinski definition) is 3. The lowest BCUT2D eigenvalue weighted by Gasteiger charge is -2.09. The fourth-order valence-electron chi connectivity index (χ4n) is 1.12.